The van der Waals surface area contributed by atoms with Gasteiger partial charge in [0, 0.05) is 6.61 Å². The van der Waals surface area contributed by atoms with Crippen molar-refractivity contribution in [1.82, 2.24) is 9.78 Å². The molecule has 1 aromatic rings. The summed E-state index contributed by atoms with van der Waals surface area (Å²) >= 11 is 3.07. The van der Waals surface area contributed by atoms with Gasteiger partial charge in [0.2, 0.25) is 0 Å². The van der Waals surface area contributed by atoms with Crippen LogP contribution in [0.5, 0.6) is 0 Å². The normalized spacial score (nSPS) is 9.93. The van der Waals surface area contributed by atoms with Crippen molar-refractivity contribution in [2.45, 2.75) is 20.1 Å². The second-order valence-corrected chi connectivity index (χ2v) is 3.69. The third-order valence-corrected chi connectivity index (χ3v) is 2.18. The van der Waals surface area contributed by atoms with Crippen molar-refractivity contribution >= 4 is 15.9 Å². The van der Waals surface area contributed by atoms with E-state index in [9.17, 15) is 4.79 Å². The monoisotopic (exact) mass is 271 g/mol. The van der Waals surface area contributed by atoms with E-state index in [4.69, 9.17) is 10.00 Å². The van der Waals surface area contributed by atoms with Crippen molar-refractivity contribution in [1.29, 1.82) is 5.26 Å². The predicted octanol–water partition coefficient (Wildman–Crippen LogP) is 1.26. The lowest BCUT2D eigenvalue weighted by molar-refractivity contribution is 0.0656. The van der Waals surface area contributed by atoms with E-state index < -0.39 is 0 Å². The van der Waals surface area contributed by atoms with Crippen molar-refractivity contribution in [3.8, 4) is 6.07 Å². The number of nitrogens with zero attached hydrogens (tertiary/aromatic N) is 3. The summed E-state index contributed by atoms with van der Waals surface area (Å²) < 4.78 is 6.61. The summed E-state index contributed by atoms with van der Waals surface area (Å²) in [7, 11) is 0. The summed E-state index contributed by atoms with van der Waals surface area (Å²) in [6, 6.07) is 3.26. The Morgan fingerprint density at radius 2 is 2.47 bits per heavy atom. The largest absolute Gasteiger partial charge is 0.359 e. The molecule has 0 saturated heterocycles. The molecule has 0 aliphatic heterocycles. The second-order valence-electron chi connectivity index (χ2n) is 2.83. The fourth-order valence-electron chi connectivity index (χ4n) is 0.947. The minimum atomic E-state index is -0.301. The zero-order valence-electron chi connectivity index (χ0n) is 8.23. The molecule has 0 unspecified atom stereocenters. The van der Waals surface area contributed by atoms with E-state index in [1.54, 1.807) is 0 Å². The molecular weight excluding hydrogens is 262 g/mol. The zero-order chi connectivity index (χ0) is 11.3. The minimum Gasteiger partial charge on any atom is -0.359 e. The first kappa shape index (κ1) is 11.9. The molecule has 0 spiro atoms. The van der Waals surface area contributed by atoms with Gasteiger partial charge in [0.15, 0.2) is 5.69 Å². The Balaban J connectivity index is 2.92. The van der Waals surface area contributed by atoms with E-state index in [2.05, 4.69) is 21.0 Å². The van der Waals surface area contributed by atoms with E-state index in [1.165, 1.54) is 6.07 Å². The summed E-state index contributed by atoms with van der Waals surface area (Å²) in [6.45, 7) is 2.60. The highest BCUT2D eigenvalue weighted by Crippen LogP contribution is 2.03. The van der Waals surface area contributed by atoms with Crippen molar-refractivity contribution in [2.75, 3.05) is 6.61 Å². The number of halogens is 1. The molecule has 80 valence electrons. The van der Waals surface area contributed by atoms with Gasteiger partial charge < -0.3 is 4.74 Å². The van der Waals surface area contributed by atoms with Gasteiger partial charge in [-0.1, -0.05) is 6.92 Å². The number of ether oxygens (including phenoxy) is 1. The van der Waals surface area contributed by atoms with Gasteiger partial charge in [0.05, 0.1) is 4.47 Å². The van der Waals surface area contributed by atoms with E-state index in [0.29, 0.717) is 11.1 Å². The molecule has 0 aliphatic carbocycles. The third-order valence-electron chi connectivity index (χ3n) is 1.61. The van der Waals surface area contributed by atoms with Gasteiger partial charge in [0.25, 0.3) is 5.56 Å². The van der Waals surface area contributed by atoms with Crippen molar-refractivity contribution in [3.05, 3.63) is 26.6 Å². The first-order valence-corrected chi connectivity index (χ1v) is 5.23. The summed E-state index contributed by atoms with van der Waals surface area (Å²) in [5.41, 5.74) is -0.119. The topological polar surface area (TPSA) is 67.9 Å². The Kier molecular flexibility index (Phi) is 4.46. The van der Waals surface area contributed by atoms with E-state index in [0.717, 1.165) is 11.1 Å². The molecule has 0 aliphatic rings. The minimum absolute atomic E-state index is 0.0702. The van der Waals surface area contributed by atoms with Crippen LogP contribution >= 0.6 is 15.9 Å². The molecule has 1 rings (SSSR count). The smallest absolute Gasteiger partial charge is 0.283 e. The van der Waals surface area contributed by atoms with E-state index >= 15 is 0 Å². The molecular formula is C9H10BrN3O2. The zero-order valence-corrected chi connectivity index (χ0v) is 9.82. The number of aromatic nitrogens is 2. The lowest BCUT2D eigenvalue weighted by Crippen LogP contribution is -2.25. The van der Waals surface area contributed by atoms with Crippen molar-refractivity contribution < 1.29 is 4.74 Å². The molecule has 0 bridgehead atoms. The highest BCUT2D eigenvalue weighted by molar-refractivity contribution is 9.10. The Morgan fingerprint density at radius 3 is 3.07 bits per heavy atom. The Hall–Kier alpha value is -1.19. The molecule has 0 atom stereocenters. The van der Waals surface area contributed by atoms with Gasteiger partial charge in [-0.3, -0.25) is 4.79 Å². The number of hydrogen-bond donors (Lipinski definition) is 0. The van der Waals surface area contributed by atoms with Crippen LogP contribution in [0.3, 0.4) is 0 Å². The number of hydrogen-bond acceptors (Lipinski definition) is 4. The molecule has 1 aromatic heterocycles. The van der Waals surface area contributed by atoms with Gasteiger partial charge in [-0.15, -0.1) is 0 Å². The number of rotatable bonds is 4. The Bertz CT molecular complexity index is 436. The molecule has 5 nitrogen and oxygen atoms in total. The first-order chi connectivity index (χ1) is 7.19. The van der Waals surface area contributed by atoms with Crippen LogP contribution < -0.4 is 5.56 Å². The fourth-order valence-corrected chi connectivity index (χ4v) is 1.37. The van der Waals surface area contributed by atoms with Crippen LogP contribution in [-0.4, -0.2) is 16.4 Å². The van der Waals surface area contributed by atoms with Gasteiger partial charge in [-0.25, -0.2) is 4.68 Å². The molecule has 0 aromatic carbocycles. The van der Waals surface area contributed by atoms with Crippen LogP contribution in [0.15, 0.2) is 15.3 Å². The number of nitriles is 1. The molecule has 0 radical (unpaired) electrons. The lowest BCUT2D eigenvalue weighted by Gasteiger charge is -2.05. The SMILES string of the molecule is CCCOCn1nc(C#N)cc(Br)c1=O. The van der Waals surface area contributed by atoms with Crippen molar-refractivity contribution in [2.24, 2.45) is 0 Å². The van der Waals surface area contributed by atoms with E-state index in [-0.39, 0.29) is 18.0 Å². The van der Waals surface area contributed by atoms with Gasteiger partial charge in [-0.05, 0) is 28.4 Å². The maximum absolute atomic E-state index is 11.5. The Morgan fingerprint density at radius 1 is 1.73 bits per heavy atom. The molecule has 1 heterocycles. The van der Waals surface area contributed by atoms with Gasteiger partial charge >= 0.3 is 0 Å². The highest BCUT2D eigenvalue weighted by atomic mass is 79.9. The van der Waals surface area contributed by atoms with Crippen LogP contribution in [-0.2, 0) is 11.5 Å². The van der Waals surface area contributed by atoms with Crippen LogP contribution in [0.2, 0.25) is 0 Å². The molecule has 0 saturated carbocycles. The fraction of sp³-hybridized carbons (Fsp3) is 0.444. The summed E-state index contributed by atoms with van der Waals surface area (Å²) in [4.78, 5) is 11.5. The lowest BCUT2D eigenvalue weighted by atomic mass is 10.4. The van der Waals surface area contributed by atoms with E-state index in [1.807, 2.05) is 13.0 Å². The Labute approximate surface area is 95.4 Å². The summed E-state index contributed by atoms with van der Waals surface area (Å²) in [5.74, 6) is 0. The van der Waals surface area contributed by atoms with Crippen LogP contribution in [0.4, 0.5) is 0 Å². The van der Waals surface area contributed by atoms with Gasteiger partial charge in [-0.2, -0.15) is 10.4 Å². The predicted molar refractivity (Wildman–Crippen MR) is 57.2 cm³/mol. The second kappa shape index (κ2) is 5.63. The molecule has 0 fully saturated rings. The highest BCUT2D eigenvalue weighted by Gasteiger charge is 2.05. The maximum Gasteiger partial charge on any atom is 0.283 e. The van der Waals surface area contributed by atoms with Crippen LogP contribution in [0.1, 0.15) is 19.0 Å². The van der Waals surface area contributed by atoms with Crippen LogP contribution in [0.25, 0.3) is 0 Å². The van der Waals surface area contributed by atoms with Crippen LogP contribution in [0, 0.1) is 11.3 Å². The first-order valence-electron chi connectivity index (χ1n) is 4.44. The quantitative estimate of drug-likeness (QED) is 0.774. The molecule has 15 heavy (non-hydrogen) atoms. The molecule has 0 N–H and O–H groups in total. The standard InChI is InChI=1S/C9H10BrN3O2/c1-2-3-15-6-13-9(14)8(10)4-7(5-11)12-13/h4H,2-3,6H2,1H3. The summed E-state index contributed by atoms with van der Waals surface area (Å²) in [5, 5.41) is 12.5. The van der Waals surface area contributed by atoms with Gasteiger partial charge in [0.1, 0.15) is 12.8 Å². The average Bonchev–Trinajstić information content (AvgIpc) is 2.24. The average molecular weight is 272 g/mol. The van der Waals surface area contributed by atoms with Crippen molar-refractivity contribution in [3.63, 3.8) is 0 Å². The molecule has 6 heteroatoms. The molecule has 0 amide bonds. The maximum atomic E-state index is 11.5. The third kappa shape index (κ3) is 3.15. The summed E-state index contributed by atoms with van der Waals surface area (Å²) in [6.07, 6.45) is 0.869.